The first-order valence-corrected chi connectivity index (χ1v) is 11.0. The maximum absolute atomic E-state index is 12.5. The molecular weight excluding hydrogens is 388 g/mol. The summed E-state index contributed by atoms with van der Waals surface area (Å²) in [5.41, 5.74) is 5.27. The van der Waals surface area contributed by atoms with Crippen LogP contribution in [-0.2, 0) is 17.6 Å². The molecular formula is C21H20N4OS2. The van der Waals surface area contributed by atoms with Crippen LogP contribution in [0.25, 0.3) is 5.69 Å². The van der Waals surface area contributed by atoms with Gasteiger partial charge in [0.05, 0.1) is 11.3 Å². The van der Waals surface area contributed by atoms with Crippen LogP contribution in [0.5, 0.6) is 0 Å². The van der Waals surface area contributed by atoms with Crippen LogP contribution in [0.15, 0.2) is 35.7 Å². The van der Waals surface area contributed by atoms with Crippen LogP contribution in [0.2, 0.25) is 0 Å². The van der Waals surface area contributed by atoms with Crippen molar-refractivity contribution in [1.82, 2.24) is 9.55 Å². The van der Waals surface area contributed by atoms with Crippen LogP contribution in [0.4, 0.5) is 5.00 Å². The van der Waals surface area contributed by atoms with Crippen LogP contribution >= 0.6 is 23.1 Å². The van der Waals surface area contributed by atoms with Crippen LogP contribution < -0.4 is 5.32 Å². The zero-order chi connectivity index (χ0) is 19.7. The summed E-state index contributed by atoms with van der Waals surface area (Å²) in [6.45, 7) is 4.17. The molecule has 1 aliphatic rings. The predicted octanol–water partition coefficient (Wildman–Crippen LogP) is 4.64. The van der Waals surface area contributed by atoms with Gasteiger partial charge in [-0.05, 0) is 61.9 Å². The highest BCUT2D eigenvalue weighted by Gasteiger charge is 2.23. The molecule has 1 aromatic carbocycles. The molecule has 0 radical (unpaired) electrons. The number of hydrogen-bond acceptors (Lipinski definition) is 5. The third kappa shape index (κ3) is 3.58. The van der Waals surface area contributed by atoms with Gasteiger partial charge in [-0.25, -0.2) is 4.98 Å². The number of hydrogen-bond donors (Lipinski definition) is 1. The normalized spacial score (nSPS) is 12.6. The van der Waals surface area contributed by atoms with Gasteiger partial charge in [-0.2, -0.15) is 5.26 Å². The van der Waals surface area contributed by atoms with E-state index in [4.69, 9.17) is 0 Å². The first kappa shape index (κ1) is 18.8. The Morgan fingerprint density at radius 1 is 1.36 bits per heavy atom. The van der Waals surface area contributed by atoms with E-state index in [0.717, 1.165) is 35.7 Å². The second kappa shape index (κ2) is 7.82. The van der Waals surface area contributed by atoms with Crippen LogP contribution in [0, 0.1) is 25.2 Å². The van der Waals surface area contributed by atoms with Gasteiger partial charge in [0, 0.05) is 23.0 Å². The summed E-state index contributed by atoms with van der Waals surface area (Å²) in [5, 5.41) is 13.8. The number of fused-ring (bicyclic) bond motifs is 1. The Balaban J connectivity index is 1.45. The van der Waals surface area contributed by atoms with E-state index in [2.05, 4.69) is 48.4 Å². The van der Waals surface area contributed by atoms with E-state index in [1.807, 2.05) is 10.8 Å². The molecule has 1 aliphatic carbocycles. The Kier molecular flexibility index (Phi) is 5.25. The molecule has 2 aromatic heterocycles. The predicted molar refractivity (Wildman–Crippen MR) is 113 cm³/mol. The Labute approximate surface area is 172 Å². The molecule has 0 aliphatic heterocycles. The van der Waals surface area contributed by atoms with E-state index in [1.165, 1.54) is 27.8 Å². The molecule has 0 atom stereocenters. The first-order valence-electron chi connectivity index (χ1n) is 9.15. The monoisotopic (exact) mass is 408 g/mol. The van der Waals surface area contributed by atoms with Crippen LogP contribution in [0.1, 0.15) is 33.6 Å². The van der Waals surface area contributed by atoms with Gasteiger partial charge in [-0.1, -0.05) is 17.8 Å². The number of thioether (sulfide) groups is 1. The van der Waals surface area contributed by atoms with Crippen molar-refractivity contribution in [3.63, 3.8) is 0 Å². The highest BCUT2D eigenvalue weighted by molar-refractivity contribution is 7.99. The quantitative estimate of drug-likeness (QED) is 0.624. The first-order chi connectivity index (χ1) is 13.6. The summed E-state index contributed by atoms with van der Waals surface area (Å²) >= 11 is 2.93. The van der Waals surface area contributed by atoms with Crippen molar-refractivity contribution in [1.29, 1.82) is 5.26 Å². The average Bonchev–Trinajstić information content (AvgIpc) is 3.38. The molecule has 5 nitrogen and oxygen atoms in total. The number of nitriles is 1. The van der Waals surface area contributed by atoms with E-state index >= 15 is 0 Å². The lowest BCUT2D eigenvalue weighted by molar-refractivity contribution is -0.113. The van der Waals surface area contributed by atoms with Gasteiger partial charge in [0.15, 0.2) is 5.16 Å². The van der Waals surface area contributed by atoms with Gasteiger partial charge in [-0.15, -0.1) is 11.3 Å². The van der Waals surface area contributed by atoms with Gasteiger partial charge >= 0.3 is 0 Å². The number of aryl methyl sites for hydroxylation is 3. The molecule has 7 heteroatoms. The van der Waals surface area contributed by atoms with E-state index in [0.29, 0.717) is 10.6 Å². The lowest BCUT2D eigenvalue weighted by Gasteiger charge is -2.10. The molecule has 0 unspecified atom stereocenters. The van der Waals surface area contributed by atoms with Gasteiger partial charge in [-0.3, -0.25) is 9.36 Å². The summed E-state index contributed by atoms with van der Waals surface area (Å²) < 4.78 is 1.99. The Morgan fingerprint density at radius 2 is 2.21 bits per heavy atom. The van der Waals surface area contributed by atoms with Crippen molar-refractivity contribution < 1.29 is 4.79 Å². The van der Waals surface area contributed by atoms with Crippen molar-refractivity contribution in [2.45, 2.75) is 38.3 Å². The maximum Gasteiger partial charge on any atom is 0.235 e. The second-order valence-corrected chi connectivity index (χ2v) is 8.91. The standard InChI is InChI=1S/C21H20N4OS2/c1-13-6-7-15(10-14(13)2)25-9-8-23-21(25)27-12-19(26)24-20-17(11-22)16-4-3-5-18(16)28-20/h6-10H,3-5,12H2,1-2H3,(H,24,26). The van der Waals surface area contributed by atoms with Gasteiger partial charge < -0.3 is 5.32 Å². The minimum atomic E-state index is -0.115. The minimum absolute atomic E-state index is 0.115. The summed E-state index contributed by atoms with van der Waals surface area (Å²) in [7, 11) is 0. The van der Waals surface area contributed by atoms with Crippen molar-refractivity contribution >= 4 is 34.0 Å². The zero-order valence-corrected chi connectivity index (χ0v) is 17.4. The molecule has 0 spiro atoms. The fourth-order valence-electron chi connectivity index (χ4n) is 3.37. The van der Waals surface area contributed by atoms with E-state index in [9.17, 15) is 10.1 Å². The van der Waals surface area contributed by atoms with Crippen LogP contribution in [0.3, 0.4) is 0 Å². The summed E-state index contributed by atoms with van der Waals surface area (Å²) in [6, 6.07) is 8.53. The number of anilines is 1. The number of aromatic nitrogens is 2. The maximum atomic E-state index is 12.5. The summed E-state index contributed by atoms with van der Waals surface area (Å²) in [6.07, 6.45) is 6.69. The van der Waals surface area contributed by atoms with Crippen molar-refractivity contribution in [2.24, 2.45) is 0 Å². The number of thiophene rings is 1. The number of carbonyl (C=O) groups is 1. The minimum Gasteiger partial charge on any atom is -0.316 e. The van der Waals surface area contributed by atoms with E-state index < -0.39 is 0 Å². The van der Waals surface area contributed by atoms with Gasteiger partial charge in [0.2, 0.25) is 5.91 Å². The van der Waals surface area contributed by atoms with Crippen molar-refractivity contribution in [2.75, 3.05) is 11.1 Å². The Hall–Kier alpha value is -2.56. The molecule has 0 saturated carbocycles. The second-order valence-electron chi connectivity index (χ2n) is 6.86. The fourth-order valence-corrected chi connectivity index (χ4v) is 5.40. The molecule has 142 valence electrons. The Morgan fingerprint density at radius 3 is 3.00 bits per heavy atom. The largest absolute Gasteiger partial charge is 0.316 e. The molecule has 0 saturated heterocycles. The zero-order valence-electron chi connectivity index (χ0n) is 15.8. The number of nitrogens with one attached hydrogen (secondary N) is 1. The topological polar surface area (TPSA) is 70.7 Å². The molecule has 1 amide bonds. The molecule has 2 heterocycles. The molecule has 4 rings (SSSR count). The molecule has 28 heavy (non-hydrogen) atoms. The highest BCUT2D eigenvalue weighted by atomic mass is 32.2. The van der Waals surface area contributed by atoms with Gasteiger partial charge in [0.25, 0.3) is 0 Å². The van der Waals surface area contributed by atoms with Crippen LogP contribution in [-0.4, -0.2) is 21.2 Å². The Bertz CT molecular complexity index is 1090. The number of carbonyl (C=O) groups excluding carboxylic acids is 1. The molecule has 3 aromatic rings. The number of imidazole rings is 1. The molecule has 0 bridgehead atoms. The third-order valence-electron chi connectivity index (χ3n) is 4.99. The smallest absolute Gasteiger partial charge is 0.235 e. The number of benzene rings is 1. The van der Waals surface area contributed by atoms with E-state index in [1.54, 1.807) is 17.5 Å². The third-order valence-corrected chi connectivity index (χ3v) is 7.17. The number of nitrogens with zero attached hydrogens (tertiary/aromatic N) is 3. The number of rotatable bonds is 5. The number of amides is 1. The average molecular weight is 409 g/mol. The SMILES string of the molecule is Cc1ccc(-n2ccnc2SCC(=O)Nc2sc3c(c2C#N)CCC3)cc1C. The van der Waals surface area contributed by atoms with Gasteiger partial charge in [0.1, 0.15) is 11.1 Å². The molecule has 1 N–H and O–H groups in total. The van der Waals surface area contributed by atoms with Crippen molar-refractivity contribution in [3.8, 4) is 11.8 Å². The molecule has 0 fully saturated rings. The summed E-state index contributed by atoms with van der Waals surface area (Å²) in [5.74, 6) is 0.131. The lowest BCUT2D eigenvalue weighted by atomic mass is 10.1. The highest BCUT2D eigenvalue weighted by Crippen LogP contribution is 2.38. The van der Waals surface area contributed by atoms with Crippen molar-refractivity contribution in [3.05, 3.63) is 57.7 Å². The fraction of sp³-hybridized carbons (Fsp3) is 0.286. The van der Waals surface area contributed by atoms with E-state index in [-0.39, 0.29) is 11.7 Å². The summed E-state index contributed by atoms with van der Waals surface area (Å²) in [4.78, 5) is 18.1. The lowest BCUT2D eigenvalue weighted by Crippen LogP contribution is -2.14.